The van der Waals surface area contributed by atoms with Crippen LogP contribution in [0, 0.1) is 5.41 Å². The summed E-state index contributed by atoms with van der Waals surface area (Å²) in [6.07, 6.45) is -0.401. The lowest BCUT2D eigenvalue weighted by Crippen LogP contribution is -2.50. The first-order valence-corrected chi connectivity index (χ1v) is 4.93. The lowest BCUT2D eigenvalue weighted by atomic mass is 9.88. The minimum Gasteiger partial charge on any atom is -0.371 e. The average Bonchev–Trinajstić information content (AvgIpc) is 1.79. The van der Waals surface area contributed by atoms with Crippen molar-refractivity contribution in [3.05, 3.63) is 0 Å². The van der Waals surface area contributed by atoms with E-state index in [9.17, 15) is 4.79 Å². The number of rotatable bonds is 2. The molecule has 0 bridgehead atoms. The Bertz CT molecular complexity index is 198. The fourth-order valence-corrected chi connectivity index (χ4v) is 1.29. The maximum absolute atomic E-state index is 11.8. The Kier molecular flexibility index (Phi) is 4.13. The summed E-state index contributed by atoms with van der Waals surface area (Å²) in [5, 5.41) is 2.91. The molecule has 0 aromatic heterocycles. The molecule has 1 amide bonds. The minimum absolute atomic E-state index is 0.0486. The van der Waals surface area contributed by atoms with Crippen molar-refractivity contribution in [3.8, 4) is 0 Å². The Morgan fingerprint density at radius 1 is 1.14 bits per heavy atom. The average molecular weight is 201 g/mol. The second-order valence-corrected chi connectivity index (χ2v) is 5.72. The predicted molar refractivity (Wildman–Crippen MR) is 58.1 cm³/mol. The Labute approximate surface area is 87.2 Å². The van der Waals surface area contributed by atoms with E-state index in [1.807, 2.05) is 41.5 Å². The van der Waals surface area contributed by atoms with Crippen LogP contribution in [0.1, 0.15) is 41.5 Å². The highest BCUT2D eigenvalue weighted by molar-refractivity contribution is 5.82. The van der Waals surface area contributed by atoms with Crippen molar-refractivity contribution < 1.29 is 9.53 Å². The van der Waals surface area contributed by atoms with Crippen molar-refractivity contribution in [2.24, 2.45) is 5.41 Å². The standard InChI is InChI=1S/C11H23NO2/c1-10(2,3)8(14-7)9(13)12-11(4,5)6/h8H,1-7H3,(H,12,13). The first-order chi connectivity index (χ1) is 6.08. The molecular formula is C11H23NO2. The minimum atomic E-state index is -0.401. The van der Waals surface area contributed by atoms with Crippen LogP contribution in [0.25, 0.3) is 0 Å². The summed E-state index contributed by atoms with van der Waals surface area (Å²) in [7, 11) is 1.57. The molecule has 0 saturated heterocycles. The lowest BCUT2D eigenvalue weighted by Gasteiger charge is -2.31. The van der Waals surface area contributed by atoms with Crippen LogP contribution in [0.5, 0.6) is 0 Å². The molecule has 1 unspecified atom stereocenters. The van der Waals surface area contributed by atoms with Crippen LogP contribution in [-0.4, -0.2) is 24.7 Å². The Hall–Kier alpha value is -0.570. The van der Waals surface area contributed by atoms with Crippen LogP contribution in [0.2, 0.25) is 0 Å². The zero-order chi connectivity index (χ0) is 11.6. The van der Waals surface area contributed by atoms with Crippen LogP contribution in [-0.2, 0) is 9.53 Å². The third-order valence-corrected chi connectivity index (χ3v) is 1.76. The number of nitrogens with one attached hydrogen (secondary N) is 1. The van der Waals surface area contributed by atoms with Crippen molar-refractivity contribution in [1.82, 2.24) is 5.32 Å². The van der Waals surface area contributed by atoms with E-state index in [1.54, 1.807) is 7.11 Å². The van der Waals surface area contributed by atoms with Gasteiger partial charge in [-0.25, -0.2) is 0 Å². The van der Waals surface area contributed by atoms with Crippen LogP contribution in [0.4, 0.5) is 0 Å². The molecule has 1 atom stereocenters. The van der Waals surface area contributed by atoms with Gasteiger partial charge in [0.05, 0.1) is 0 Å². The fraction of sp³-hybridized carbons (Fsp3) is 0.909. The summed E-state index contributed by atoms with van der Waals surface area (Å²) < 4.78 is 5.21. The summed E-state index contributed by atoms with van der Waals surface area (Å²) in [6.45, 7) is 11.8. The summed E-state index contributed by atoms with van der Waals surface area (Å²) in [5.74, 6) is -0.0486. The third-order valence-electron chi connectivity index (χ3n) is 1.76. The van der Waals surface area contributed by atoms with Crippen molar-refractivity contribution >= 4 is 5.91 Å². The van der Waals surface area contributed by atoms with Gasteiger partial charge in [0.2, 0.25) is 5.91 Å². The molecule has 3 nitrogen and oxygen atoms in total. The number of amides is 1. The predicted octanol–water partition coefficient (Wildman–Crippen LogP) is 1.96. The second kappa shape index (κ2) is 4.30. The molecule has 14 heavy (non-hydrogen) atoms. The Morgan fingerprint density at radius 2 is 1.57 bits per heavy atom. The monoisotopic (exact) mass is 201 g/mol. The van der Waals surface area contributed by atoms with E-state index < -0.39 is 6.10 Å². The van der Waals surface area contributed by atoms with Crippen LogP contribution in [0.3, 0.4) is 0 Å². The molecule has 0 radical (unpaired) electrons. The summed E-state index contributed by atoms with van der Waals surface area (Å²) in [4.78, 5) is 11.8. The number of hydrogen-bond acceptors (Lipinski definition) is 2. The number of hydrogen-bond donors (Lipinski definition) is 1. The van der Waals surface area contributed by atoms with Gasteiger partial charge in [-0.3, -0.25) is 4.79 Å². The van der Waals surface area contributed by atoms with Crippen molar-refractivity contribution in [2.75, 3.05) is 7.11 Å². The summed E-state index contributed by atoms with van der Waals surface area (Å²) in [5.41, 5.74) is -0.386. The quantitative estimate of drug-likeness (QED) is 0.741. The SMILES string of the molecule is COC(C(=O)NC(C)(C)C)C(C)(C)C. The molecule has 0 aromatic rings. The molecule has 84 valence electrons. The first-order valence-electron chi connectivity index (χ1n) is 4.93. The largest absolute Gasteiger partial charge is 0.371 e. The van der Waals surface area contributed by atoms with E-state index in [4.69, 9.17) is 4.74 Å². The number of carbonyl (C=O) groups excluding carboxylic acids is 1. The Balaban J connectivity index is 4.50. The summed E-state index contributed by atoms with van der Waals surface area (Å²) >= 11 is 0. The van der Waals surface area contributed by atoms with E-state index >= 15 is 0 Å². The van der Waals surface area contributed by atoms with Crippen LogP contribution < -0.4 is 5.32 Å². The van der Waals surface area contributed by atoms with E-state index in [2.05, 4.69) is 5.32 Å². The molecule has 0 aliphatic carbocycles. The zero-order valence-electron chi connectivity index (χ0n) is 10.4. The molecule has 0 heterocycles. The molecule has 0 rings (SSSR count). The van der Waals surface area contributed by atoms with E-state index in [1.165, 1.54) is 0 Å². The number of ether oxygens (including phenoxy) is 1. The molecule has 0 aliphatic heterocycles. The van der Waals surface area contributed by atoms with Gasteiger partial charge in [0, 0.05) is 12.6 Å². The maximum atomic E-state index is 11.8. The van der Waals surface area contributed by atoms with Crippen molar-refractivity contribution in [1.29, 1.82) is 0 Å². The normalized spacial score (nSPS) is 15.1. The van der Waals surface area contributed by atoms with Gasteiger partial charge in [-0.15, -0.1) is 0 Å². The molecule has 3 heteroatoms. The number of carbonyl (C=O) groups is 1. The molecule has 0 saturated carbocycles. The third kappa shape index (κ3) is 4.61. The van der Waals surface area contributed by atoms with Gasteiger partial charge in [-0.2, -0.15) is 0 Å². The van der Waals surface area contributed by atoms with Gasteiger partial charge in [-0.05, 0) is 26.2 Å². The zero-order valence-corrected chi connectivity index (χ0v) is 10.4. The first kappa shape index (κ1) is 13.4. The summed E-state index contributed by atoms with van der Waals surface area (Å²) in [6, 6.07) is 0. The second-order valence-electron chi connectivity index (χ2n) is 5.72. The molecule has 1 N–H and O–H groups in total. The van der Waals surface area contributed by atoms with Crippen molar-refractivity contribution in [3.63, 3.8) is 0 Å². The van der Waals surface area contributed by atoms with Gasteiger partial charge >= 0.3 is 0 Å². The topological polar surface area (TPSA) is 38.3 Å². The molecule has 0 aromatic carbocycles. The van der Waals surface area contributed by atoms with Crippen LogP contribution >= 0.6 is 0 Å². The van der Waals surface area contributed by atoms with E-state index in [0.717, 1.165) is 0 Å². The highest BCUT2D eigenvalue weighted by Crippen LogP contribution is 2.22. The fourth-order valence-electron chi connectivity index (χ4n) is 1.29. The lowest BCUT2D eigenvalue weighted by molar-refractivity contribution is -0.138. The highest BCUT2D eigenvalue weighted by atomic mass is 16.5. The van der Waals surface area contributed by atoms with Gasteiger partial charge < -0.3 is 10.1 Å². The molecule has 0 fully saturated rings. The Morgan fingerprint density at radius 3 is 1.79 bits per heavy atom. The number of methoxy groups -OCH3 is 1. The van der Waals surface area contributed by atoms with E-state index in [0.29, 0.717) is 0 Å². The molecular weight excluding hydrogens is 178 g/mol. The maximum Gasteiger partial charge on any atom is 0.250 e. The van der Waals surface area contributed by atoms with Crippen molar-refractivity contribution in [2.45, 2.75) is 53.2 Å². The van der Waals surface area contributed by atoms with Crippen LogP contribution in [0.15, 0.2) is 0 Å². The van der Waals surface area contributed by atoms with Gasteiger partial charge in [0.15, 0.2) is 0 Å². The van der Waals surface area contributed by atoms with Gasteiger partial charge in [-0.1, -0.05) is 20.8 Å². The highest BCUT2D eigenvalue weighted by Gasteiger charge is 2.32. The van der Waals surface area contributed by atoms with E-state index in [-0.39, 0.29) is 16.9 Å². The van der Waals surface area contributed by atoms with Gasteiger partial charge in [0.25, 0.3) is 0 Å². The molecule has 0 aliphatic rings. The molecule has 0 spiro atoms. The smallest absolute Gasteiger partial charge is 0.250 e. The van der Waals surface area contributed by atoms with Gasteiger partial charge in [0.1, 0.15) is 6.10 Å².